The zero-order valence-electron chi connectivity index (χ0n) is 12.0. The first-order valence-corrected chi connectivity index (χ1v) is 7.29. The third-order valence-electron chi connectivity index (χ3n) is 3.16. The maximum absolute atomic E-state index is 11.9. The van der Waals surface area contributed by atoms with Crippen LogP contribution in [0.3, 0.4) is 0 Å². The highest BCUT2D eigenvalue weighted by molar-refractivity contribution is 7.21. The van der Waals surface area contributed by atoms with Crippen LogP contribution in [0, 0.1) is 0 Å². The number of hydrogen-bond donors (Lipinski definition) is 3. The van der Waals surface area contributed by atoms with Gasteiger partial charge in [0.05, 0.1) is 11.4 Å². The van der Waals surface area contributed by atoms with Crippen LogP contribution >= 0.6 is 11.3 Å². The Morgan fingerprint density at radius 1 is 1.33 bits per heavy atom. The molecule has 1 aromatic heterocycles. The molecule has 7 heteroatoms. The van der Waals surface area contributed by atoms with Gasteiger partial charge in [-0.2, -0.15) is 0 Å². The summed E-state index contributed by atoms with van der Waals surface area (Å²) in [5, 5.41) is 3.60. The lowest BCUT2D eigenvalue weighted by molar-refractivity contribution is -0.121. The second-order valence-corrected chi connectivity index (χ2v) is 5.78. The maximum Gasteiger partial charge on any atom is 0.275 e. The van der Waals surface area contributed by atoms with Gasteiger partial charge in [0.25, 0.3) is 5.91 Å². The summed E-state index contributed by atoms with van der Waals surface area (Å²) >= 11 is 1.40. The van der Waals surface area contributed by atoms with Crippen molar-refractivity contribution in [1.29, 1.82) is 0 Å². The number of likely N-dealkylation sites (N-methyl/N-ethyl adjacent to an activating group) is 2. The van der Waals surface area contributed by atoms with Gasteiger partial charge in [0.15, 0.2) is 0 Å². The fraction of sp³-hybridized carbons (Fsp3) is 0.286. The molecule has 112 valence electrons. The molecule has 0 saturated carbocycles. The van der Waals surface area contributed by atoms with Gasteiger partial charge < -0.3 is 5.32 Å². The van der Waals surface area contributed by atoms with Crippen molar-refractivity contribution in [3.63, 3.8) is 0 Å². The van der Waals surface area contributed by atoms with Crippen LogP contribution in [-0.2, 0) is 11.3 Å². The topological polar surface area (TPSA) is 87.5 Å². The molecule has 0 atom stereocenters. The van der Waals surface area contributed by atoms with Crippen molar-refractivity contribution in [2.75, 3.05) is 20.6 Å². The number of nitrogens with one attached hydrogen (secondary N) is 2. The van der Waals surface area contributed by atoms with Crippen molar-refractivity contribution in [1.82, 2.24) is 15.6 Å². The largest absolute Gasteiger partial charge is 0.358 e. The fourth-order valence-corrected chi connectivity index (χ4v) is 3.27. The molecule has 0 radical (unpaired) electrons. The number of nitrogen functional groups attached to an aromatic ring is 1. The summed E-state index contributed by atoms with van der Waals surface area (Å²) in [6, 6.07) is 7.81. The third kappa shape index (κ3) is 3.38. The molecule has 0 aliphatic heterocycles. The average Bonchev–Trinajstić information content (AvgIpc) is 2.85. The SMILES string of the molecule is CNC(=O)CN(C)Cc1c(C(=O)NN)sc2ccccc12. The number of hydrazine groups is 1. The van der Waals surface area contributed by atoms with E-state index in [1.807, 2.05) is 36.2 Å². The summed E-state index contributed by atoms with van der Waals surface area (Å²) in [6.07, 6.45) is 0. The van der Waals surface area contributed by atoms with Crippen LogP contribution < -0.4 is 16.6 Å². The highest BCUT2D eigenvalue weighted by Gasteiger charge is 2.19. The van der Waals surface area contributed by atoms with Gasteiger partial charge in [0, 0.05) is 18.3 Å². The third-order valence-corrected chi connectivity index (χ3v) is 4.37. The van der Waals surface area contributed by atoms with Crippen molar-refractivity contribution in [3.05, 3.63) is 34.7 Å². The van der Waals surface area contributed by atoms with Crippen LogP contribution in [0.2, 0.25) is 0 Å². The number of fused-ring (bicyclic) bond motifs is 1. The molecule has 0 bridgehead atoms. The van der Waals surface area contributed by atoms with Crippen molar-refractivity contribution in [2.24, 2.45) is 5.84 Å². The van der Waals surface area contributed by atoms with Crippen LogP contribution in [0.4, 0.5) is 0 Å². The first-order chi connectivity index (χ1) is 10.1. The summed E-state index contributed by atoms with van der Waals surface area (Å²) in [4.78, 5) is 25.8. The second kappa shape index (κ2) is 6.66. The van der Waals surface area contributed by atoms with E-state index in [1.54, 1.807) is 7.05 Å². The lowest BCUT2D eigenvalue weighted by atomic mass is 10.1. The molecular weight excluding hydrogens is 288 g/mol. The van der Waals surface area contributed by atoms with E-state index >= 15 is 0 Å². The number of nitrogens with zero attached hydrogens (tertiary/aromatic N) is 1. The molecule has 0 aliphatic carbocycles. The molecule has 0 unspecified atom stereocenters. The van der Waals surface area contributed by atoms with Crippen LogP contribution in [-0.4, -0.2) is 37.4 Å². The molecular formula is C14H18N4O2S. The Morgan fingerprint density at radius 3 is 2.71 bits per heavy atom. The van der Waals surface area contributed by atoms with Gasteiger partial charge in [-0.25, -0.2) is 5.84 Å². The van der Waals surface area contributed by atoms with Crippen molar-refractivity contribution in [2.45, 2.75) is 6.54 Å². The molecule has 2 rings (SSSR count). The maximum atomic E-state index is 11.9. The van der Waals surface area contributed by atoms with Gasteiger partial charge in [0.1, 0.15) is 0 Å². The molecule has 0 spiro atoms. The minimum absolute atomic E-state index is 0.0677. The van der Waals surface area contributed by atoms with Crippen LogP contribution in [0.15, 0.2) is 24.3 Å². The molecule has 0 aliphatic rings. The summed E-state index contributed by atoms with van der Waals surface area (Å²) in [7, 11) is 3.44. The fourth-order valence-electron chi connectivity index (χ4n) is 2.15. The zero-order chi connectivity index (χ0) is 15.4. The van der Waals surface area contributed by atoms with Gasteiger partial charge in [0.2, 0.25) is 5.91 Å². The van der Waals surface area contributed by atoms with E-state index in [1.165, 1.54) is 11.3 Å². The van der Waals surface area contributed by atoms with Crippen LogP contribution in [0.25, 0.3) is 10.1 Å². The molecule has 1 heterocycles. The molecule has 4 N–H and O–H groups in total. The predicted octanol–water partition coefficient (Wildman–Crippen LogP) is 0.683. The number of rotatable bonds is 5. The van der Waals surface area contributed by atoms with E-state index in [2.05, 4.69) is 10.7 Å². The summed E-state index contributed by atoms with van der Waals surface area (Å²) in [5.41, 5.74) is 3.07. The van der Waals surface area contributed by atoms with Crippen molar-refractivity contribution in [3.8, 4) is 0 Å². The summed E-state index contributed by atoms with van der Waals surface area (Å²) in [5.74, 6) is 4.88. The van der Waals surface area contributed by atoms with E-state index in [-0.39, 0.29) is 18.4 Å². The lowest BCUT2D eigenvalue weighted by Crippen LogP contribution is -2.34. The Hall–Kier alpha value is -1.96. The summed E-state index contributed by atoms with van der Waals surface area (Å²) in [6.45, 7) is 0.768. The van der Waals surface area contributed by atoms with E-state index in [0.717, 1.165) is 15.6 Å². The standard InChI is InChI=1S/C14H18N4O2S/c1-16-12(19)8-18(2)7-10-9-5-3-4-6-11(9)21-13(10)14(20)17-15/h3-6H,7-8,15H2,1-2H3,(H,16,19)(H,17,20). The molecule has 0 fully saturated rings. The van der Waals surface area contributed by atoms with Crippen molar-refractivity contribution < 1.29 is 9.59 Å². The quantitative estimate of drug-likeness (QED) is 0.431. The minimum atomic E-state index is -0.306. The normalized spacial score (nSPS) is 10.9. The smallest absolute Gasteiger partial charge is 0.275 e. The molecule has 2 aromatic rings. The predicted molar refractivity (Wildman–Crippen MR) is 83.9 cm³/mol. The Kier molecular flexibility index (Phi) is 4.89. The monoisotopic (exact) mass is 306 g/mol. The number of hydrogen-bond acceptors (Lipinski definition) is 5. The Bertz CT molecular complexity index is 668. The number of benzene rings is 1. The molecule has 21 heavy (non-hydrogen) atoms. The Morgan fingerprint density at radius 2 is 2.05 bits per heavy atom. The number of carbonyl (C=O) groups is 2. The van der Waals surface area contributed by atoms with Gasteiger partial charge in [-0.05, 0) is 24.1 Å². The molecule has 1 aromatic carbocycles. The van der Waals surface area contributed by atoms with Crippen molar-refractivity contribution >= 4 is 33.2 Å². The first kappa shape index (κ1) is 15.4. The van der Waals surface area contributed by atoms with Gasteiger partial charge in [-0.15, -0.1) is 11.3 Å². The Balaban J connectivity index is 2.36. The van der Waals surface area contributed by atoms with Gasteiger partial charge in [-0.3, -0.25) is 19.9 Å². The number of nitrogens with two attached hydrogens (primary N) is 1. The Labute approximate surface area is 126 Å². The van der Waals surface area contributed by atoms with Crippen LogP contribution in [0.5, 0.6) is 0 Å². The number of thiophene rings is 1. The van der Waals surface area contributed by atoms with Crippen LogP contribution in [0.1, 0.15) is 15.2 Å². The van der Waals surface area contributed by atoms with E-state index < -0.39 is 0 Å². The average molecular weight is 306 g/mol. The second-order valence-electron chi connectivity index (χ2n) is 4.72. The molecule has 0 saturated heterocycles. The minimum Gasteiger partial charge on any atom is -0.358 e. The first-order valence-electron chi connectivity index (χ1n) is 6.47. The lowest BCUT2D eigenvalue weighted by Gasteiger charge is -2.16. The van der Waals surface area contributed by atoms with E-state index in [4.69, 9.17) is 5.84 Å². The summed E-state index contributed by atoms with van der Waals surface area (Å²) < 4.78 is 1.03. The number of carbonyl (C=O) groups excluding carboxylic acids is 2. The van der Waals surface area contributed by atoms with E-state index in [9.17, 15) is 9.59 Å². The number of amides is 2. The zero-order valence-corrected chi connectivity index (χ0v) is 12.8. The van der Waals surface area contributed by atoms with E-state index in [0.29, 0.717) is 11.4 Å². The van der Waals surface area contributed by atoms with Gasteiger partial charge >= 0.3 is 0 Å². The molecule has 2 amide bonds. The highest BCUT2D eigenvalue weighted by atomic mass is 32.1. The molecule has 6 nitrogen and oxygen atoms in total. The highest BCUT2D eigenvalue weighted by Crippen LogP contribution is 2.31. The van der Waals surface area contributed by atoms with Gasteiger partial charge in [-0.1, -0.05) is 18.2 Å².